The number of benzene rings is 2. The molecule has 0 unspecified atom stereocenters. The molecule has 0 atom stereocenters. The van der Waals surface area contributed by atoms with Crippen molar-refractivity contribution in [3.05, 3.63) is 72.7 Å². The van der Waals surface area contributed by atoms with Crippen molar-refractivity contribution in [2.45, 2.75) is 6.42 Å². The minimum atomic E-state index is -0.699. The summed E-state index contributed by atoms with van der Waals surface area (Å²) in [6.45, 7) is 0.237. The van der Waals surface area contributed by atoms with Crippen LogP contribution in [0.4, 0.5) is 20.3 Å². The van der Waals surface area contributed by atoms with Gasteiger partial charge in [-0.3, -0.25) is 14.2 Å². The van der Waals surface area contributed by atoms with Crippen molar-refractivity contribution < 1.29 is 18.3 Å². The first-order valence-corrected chi connectivity index (χ1v) is 9.51. The fraction of sp³-hybridized carbons (Fsp3) is 0.136. The van der Waals surface area contributed by atoms with Crippen LogP contribution in [0.5, 0.6) is 5.75 Å². The van der Waals surface area contributed by atoms with Crippen LogP contribution in [0.2, 0.25) is 0 Å². The summed E-state index contributed by atoms with van der Waals surface area (Å²) in [5.74, 6) is -0.467. The van der Waals surface area contributed by atoms with Crippen LogP contribution in [-0.2, 0) is 4.79 Å². The summed E-state index contributed by atoms with van der Waals surface area (Å²) >= 11 is 0. The summed E-state index contributed by atoms with van der Waals surface area (Å²) < 4.78 is 34.3. The van der Waals surface area contributed by atoms with Crippen LogP contribution in [0, 0.1) is 11.6 Å². The Kier molecular flexibility index (Phi) is 5.74. The van der Waals surface area contributed by atoms with Gasteiger partial charge in [-0.05, 0) is 24.3 Å². The number of aromatic nitrogens is 3. The summed E-state index contributed by atoms with van der Waals surface area (Å²) in [6.07, 6.45) is 5.04. The van der Waals surface area contributed by atoms with E-state index in [0.29, 0.717) is 22.9 Å². The SMILES string of the molecule is COc1ccccc1-c1nc2cnccn2c1NCCC(=O)Nc1cc(F)ccc1F. The molecule has 0 aliphatic carbocycles. The van der Waals surface area contributed by atoms with Crippen LogP contribution in [0.25, 0.3) is 16.9 Å². The fourth-order valence-corrected chi connectivity index (χ4v) is 3.20. The highest BCUT2D eigenvalue weighted by molar-refractivity contribution is 5.91. The number of nitrogens with one attached hydrogen (secondary N) is 2. The van der Waals surface area contributed by atoms with Gasteiger partial charge in [-0.1, -0.05) is 12.1 Å². The molecule has 2 N–H and O–H groups in total. The Morgan fingerprint density at radius 1 is 1.19 bits per heavy atom. The summed E-state index contributed by atoms with van der Waals surface area (Å²) in [4.78, 5) is 21.0. The molecular weight excluding hydrogens is 404 g/mol. The Morgan fingerprint density at radius 3 is 2.87 bits per heavy atom. The zero-order valence-electron chi connectivity index (χ0n) is 16.6. The number of rotatable bonds is 7. The van der Waals surface area contributed by atoms with Crippen LogP contribution in [0.15, 0.2) is 61.1 Å². The molecule has 7 nitrogen and oxygen atoms in total. The Labute approximate surface area is 176 Å². The van der Waals surface area contributed by atoms with Crippen LogP contribution < -0.4 is 15.4 Å². The number of anilines is 2. The predicted molar refractivity (Wildman–Crippen MR) is 113 cm³/mol. The summed E-state index contributed by atoms with van der Waals surface area (Å²) in [7, 11) is 1.58. The monoisotopic (exact) mass is 423 g/mol. The minimum absolute atomic E-state index is 0.0274. The minimum Gasteiger partial charge on any atom is -0.496 e. The van der Waals surface area contributed by atoms with Gasteiger partial charge in [-0.25, -0.2) is 13.8 Å². The molecule has 0 aliphatic heterocycles. The van der Waals surface area contributed by atoms with Gasteiger partial charge >= 0.3 is 0 Å². The van der Waals surface area contributed by atoms with E-state index in [1.807, 2.05) is 28.7 Å². The first-order chi connectivity index (χ1) is 15.1. The highest BCUT2D eigenvalue weighted by atomic mass is 19.1. The van der Waals surface area contributed by atoms with Gasteiger partial charge in [0.05, 0.1) is 19.0 Å². The molecule has 0 saturated heterocycles. The standard InChI is InChI=1S/C22H19F2N5O2/c1-31-18-5-3-2-4-15(18)21-22(29-11-10-25-13-19(29)28-21)26-9-8-20(30)27-17-12-14(23)6-7-16(17)24/h2-7,10-13,26H,8-9H2,1H3,(H,27,30). The van der Waals surface area contributed by atoms with E-state index in [9.17, 15) is 13.6 Å². The van der Waals surface area contributed by atoms with Gasteiger partial charge in [-0.2, -0.15) is 0 Å². The van der Waals surface area contributed by atoms with E-state index < -0.39 is 17.5 Å². The Bertz CT molecular complexity index is 1240. The van der Waals surface area contributed by atoms with E-state index in [4.69, 9.17) is 4.74 Å². The molecule has 31 heavy (non-hydrogen) atoms. The molecule has 9 heteroatoms. The first kappa shape index (κ1) is 20.3. The molecule has 0 aliphatic rings. The van der Waals surface area contributed by atoms with Gasteiger partial charge in [0, 0.05) is 37.0 Å². The first-order valence-electron chi connectivity index (χ1n) is 9.51. The normalized spacial score (nSPS) is 10.8. The molecule has 0 bridgehead atoms. The quantitative estimate of drug-likeness (QED) is 0.467. The van der Waals surface area contributed by atoms with Crippen LogP contribution >= 0.6 is 0 Å². The molecule has 0 spiro atoms. The van der Waals surface area contributed by atoms with E-state index in [2.05, 4.69) is 20.6 Å². The number of para-hydroxylation sites is 1. The largest absolute Gasteiger partial charge is 0.496 e. The molecule has 0 radical (unpaired) electrons. The van der Waals surface area contributed by atoms with Gasteiger partial charge in [0.25, 0.3) is 0 Å². The number of hydrogen-bond acceptors (Lipinski definition) is 5. The Hall–Kier alpha value is -4.01. The molecule has 2 aromatic heterocycles. The molecular formula is C22H19F2N5O2. The highest BCUT2D eigenvalue weighted by Crippen LogP contribution is 2.34. The van der Waals surface area contributed by atoms with Gasteiger partial charge in [0.1, 0.15) is 28.9 Å². The topological polar surface area (TPSA) is 80.6 Å². The lowest BCUT2D eigenvalue weighted by Crippen LogP contribution is -2.17. The number of carbonyl (C=O) groups excluding carboxylic acids is 1. The van der Waals surface area contributed by atoms with E-state index in [1.165, 1.54) is 0 Å². The predicted octanol–water partition coefficient (Wildman–Crippen LogP) is 4.12. The summed E-state index contributed by atoms with van der Waals surface area (Å²) in [5, 5.41) is 5.60. The number of imidazole rings is 1. The number of fused-ring (bicyclic) bond motifs is 1. The number of methoxy groups -OCH3 is 1. The fourth-order valence-electron chi connectivity index (χ4n) is 3.20. The highest BCUT2D eigenvalue weighted by Gasteiger charge is 2.17. The zero-order chi connectivity index (χ0) is 21.8. The van der Waals surface area contributed by atoms with Crippen molar-refractivity contribution in [1.29, 1.82) is 0 Å². The molecule has 2 heterocycles. The maximum Gasteiger partial charge on any atom is 0.226 e. The number of carbonyl (C=O) groups is 1. The molecule has 4 rings (SSSR count). The Balaban J connectivity index is 1.54. The molecule has 2 aromatic carbocycles. The van der Waals surface area contributed by atoms with E-state index in [0.717, 1.165) is 23.8 Å². The van der Waals surface area contributed by atoms with E-state index >= 15 is 0 Å². The van der Waals surface area contributed by atoms with Crippen molar-refractivity contribution >= 4 is 23.1 Å². The molecule has 158 valence electrons. The Morgan fingerprint density at radius 2 is 2.03 bits per heavy atom. The number of nitrogens with zero attached hydrogens (tertiary/aromatic N) is 3. The van der Waals surface area contributed by atoms with Gasteiger partial charge in [-0.15, -0.1) is 0 Å². The molecule has 0 saturated carbocycles. The second-order valence-corrected chi connectivity index (χ2v) is 6.66. The average molecular weight is 423 g/mol. The molecule has 4 aromatic rings. The van der Waals surface area contributed by atoms with Crippen molar-refractivity contribution in [3.63, 3.8) is 0 Å². The van der Waals surface area contributed by atoms with Crippen molar-refractivity contribution in [2.75, 3.05) is 24.3 Å². The summed E-state index contributed by atoms with van der Waals surface area (Å²) in [5.41, 5.74) is 1.85. The third-order valence-corrected chi connectivity index (χ3v) is 4.64. The zero-order valence-corrected chi connectivity index (χ0v) is 16.6. The maximum atomic E-state index is 13.7. The second kappa shape index (κ2) is 8.78. The number of hydrogen-bond donors (Lipinski definition) is 2. The van der Waals surface area contributed by atoms with Crippen molar-refractivity contribution in [3.8, 4) is 17.0 Å². The second-order valence-electron chi connectivity index (χ2n) is 6.66. The maximum absolute atomic E-state index is 13.7. The third kappa shape index (κ3) is 4.30. The van der Waals surface area contributed by atoms with Crippen LogP contribution in [-0.4, -0.2) is 33.9 Å². The third-order valence-electron chi connectivity index (χ3n) is 4.64. The summed E-state index contributed by atoms with van der Waals surface area (Å²) in [6, 6.07) is 10.4. The smallest absolute Gasteiger partial charge is 0.226 e. The lowest BCUT2D eigenvalue weighted by molar-refractivity contribution is -0.116. The lowest BCUT2D eigenvalue weighted by atomic mass is 10.1. The number of ether oxygens (including phenoxy) is 1. The number of halogens is 2. The van der Waals surface area contributed by atoms with E-state index in [-0.39, 0.29) is 18.7 Å². The van der Waals surface area contributed by atoms with Gasteiger partial charge in [0.15, 0.2) is 5.65 Å². The average Bonchev–Trinajstić information content (AvgIpc) is 3.14. The van der Waals surface area contributed by atoms with Crippen LogP contribution in [0.1, 0.15) is 6.42 Å². The molecule has 1 amide bonds. The molecule has 0 fully saturated rings. The van der Waals surface area contributed by atoms with Gasteiger partial charge < -0.3 is 15.4 Å². The van der Waals surface area contributed by atoms with Crippen molar-refractivity contribution in [1.82, 2.24) is 14.4 Å². The van der Waals surface area contributed by atoms with E-state index in [1.54, 1.807) is 25.7 Å². The van der Waals surface area contributed by atoms with Crippen LogP contribution in [0.3, 0.4) is 0 Å². The van der Waals surface area contributed by atoms with Crippen molar-refractivity contribution in [2.24, 2.45) is 0 Å². The number of amides is 1. The van der Waals surface area contributed by atoms with Gasteiger partial charge in [0.2, 0.25) is 5.91 Å². The lowest BCUT2D eigenvalue weighted by Gasteiger charge is -2.11.